The fourth-order valence-electron chi connectivity index (χ4n) is 2.74. The monoisotopic (exact) mass is 284 g/mol. The highest BCUT2D eigenvalue weighted by Crippen LogP contribution is 2.28. The highest BCUT2D eigenvalue weighted by molar-refractivity contribution is 5.85. The normalized spacial score (nSPS) is 21.3. The van der Waals surface area contributed by atoms with E-state index in [1.54, 1.807) is 0 Å². The molecule has 1 aromatic heterocycles. The van der Waals surface area contributed by atoms with Gasteiger partial charge in [-0.1, -0.05) is 0 Å². The lowest BCUT2D eigenvalue weighted by Crippen LogP contribution is -2.42. The smallest absolute Gasteiger partial charge is 0.0521 e. The molecule has 4 nitrogen and oxygen atoms in total. The maximum absolute atomic E-state index is 4.23. The molecular weight excluding hydrogens is 260 g/mol. The predicted molar refractivity (Wildman–Crippen MR) is 79.5 cm³/mol. The second kappa shape index (κ2) is 6.73. The number of aromatic nitrogens is 2. The Morgan fingerprint density at radius 3 is 2.58 bits per heavy atom. The topological polar surface area (TPSA) is 33.1 Å². The van der Waals surface area contributed by atoms with Crippen molar-refractivity contribution in [1.29, 1.82) is 0 Å². The van der Waals surface area contributed by atoms with Crippen LogP contribution in [0, 0.1) is 5.92 Å². The Hall–Kier alpha value is -0.580. The Morgan fingerprint density at radius 1 is 1.26 bits per heavy atom. The molecule has 0 atom stereocenters. The van der Waals surface area contributed by atoms with Gasteiger partial charge in [-0.25, -0.2) is 0 Å². The molecule has 1 aliphatic heterocycles. The predicted octanol–water partition coefficient (Wildman–Crippen LogP) is 1.81. The summed E-state index contributed by atoms with van der Waals surface area (Å²) in [7, 11) is 2.03. The van der Waals surface area contributed by atoms with Crippen molar-refractivity contribution in [3.63, 3.8) is 0 Å². The summed E-state index contributed by atoms with van der Waals surface area (Å²) < 4.78 is 1.98. The molecule has 19 heavy (non-hydrogen) atoms. The summed E-state index contributed by atoms with van der Waals surface area (Å²) in [5.74, 6) is 0.998. The van der Waals surface area contributed by atoms with E-state index in [1.165, 1.54) is 51.0 Å². The molecule has 0 unspecified atom stereocenters. The minimum Gasteiger partial charge on any atom is -0.314 e. The minimum absolute atomic E-state index is 0. The second-order valence-electron chi connectivity index (χ2n) is 5.85. The summed E-state index contributed by atoms with van der Waals surface area (Å²) in [4.78, 5) is 2.55. The first kappa shape index (κ1) is 14.8. The maximum atomic E-state index is 4.23. The van der Waals surface area contributed by atoms with Crippen molar-refractivity contribution < 1.29 is 0 Å². The van der Waals surface area contributed by atoms with E-state index in [0.29, 0.717) is 0 Å². The van der Waals surface area contributed by atoms with Crippen molar-refractivity contribution in [2.45, 2.75) is 38.3 Å². The van der Waals surface area contributed by atoms with Crippen molar-refractivity contribution >= 4 is 12.4 Å². The Bertz CT molecular complexity index is 381. The van der Waals surface area contributed by atoms with E-state index in [2.05, 4.69) is 21.4 Å². The highest BCUT2D eigenvalue weighted by Gasteiger charge is 2.24. The van der Waals surface area contributed by atoms with Crippen LogP contribution in [0.15, 0.2) is 12.3 Å². The molecule has 2 heterocycles. The largest absolute Gasteiger partial charge is 0.314 e. The molecule has 0 bridgehead atoms. The third-order valence-corrected chi connectivity index (χ3v) is 4.29. The van der Waals surface area contributed by atoms with Gasteiger partial charge in [0, 0.05) is 38.9 Å². The number of halogens is 1. The Morgan fingerprint density at radius 2 is 2.00 bits per heavy atom. The molecule has 0 aromatic carbocycles. The van der Waals surface area contributed by atoms with Gasteiger partial charge < -0.3 is 5.32 Å². The average Bonchev–Trinajstić information content (AvgIpc) is 3.13. The lowest BCUT2D eigenvalue weighted by Gasteiger charge is -2.32. The van der Waals surface area contributed by atoms with E-state index >= 15 is 0 Å². The van der Waals surface area contributed by atoms with Crippen molar-refractivity contribution in [2.75, 3.05) is 19.6 Å². The molecule has 1 aliphatic carbocycles. The van der Waals surface area contributed by atoms with Gasteiger partial charge in [0.15, 0.2) is 0 Å². The molecule has 5 heteroatoms. The van der Waals surface area contributed by atoms with Crippen LogP contribution in [-0.4, -0.2) is 40.4 Å². The van der Waals surface area contributed by atoms with Gasteiger partial charge in [-0.2, -0.15) is 5.10 Å². The first-order chi connectivity index (χ1) is 8.81. The quantitative estimate of drug-likeness (QED) is 0.895. The van der Waals surface area contributed by atoms with Crippen LogP contribution in [0.3, 0.4) is 0 Å². The van der Waals surface area contributed by atoms with E-state index in [0.717, 1.165) is 18.5 Å². The number of aryl methyl sites for hydroxylation is 1. The Kier molecular flexibility index (Phi) is 5.25. The number of hydrogen-bond acceptors (Lipinski definition) is 3. The number of nitrogens with one attached hydrogen (secondary N) is 1. The van der Waals surface area contributed by atoms with Gasteiger partial charge in [0.05, 0.1) is 5.69 Å². The third-order valence-electron chi connectivity index (χ3n) is 4.29. The standard InChI is InChI=1S/C14H24N4.ClH/c1-17-14(4-7-16-17)11-18-8-5-13(6-9-18)15-10-12-2-3-12;/h4,7,12-13,15H,2-3,5-6,8-11H2,1H3;1H. The van der Waals surface area contributed by atoms with Crippen molar-refractivity contribution in [1.82, 2.24) is 20.0 Å². The second-order valence-corrected chi connectivity index (χ2v) is 5.85. The first-order valence-corrected chi connectivity index (χ1v) is 7.24. The summed E-state index contributed by atoms with van der Waals surface area (Å²) in [6.07, 6.45) is 7.38. The van der Waals surface area contributed by atoms with Crippen molar-refractivity contribution in [3.05, 3.63) is 18.0 Å². The molecule has 3 rings (SSSR count). The molecule has 1 saturated heterocycles. The Labute approximate surface area is 122 Å². The summed E-state index contributed by atoms with van der Waals surface area (Å²) in [5.41, 5.74) is 1.32. The van der Waals surface area contributed by atoms with Crippen molar-refractivity contribution in [3.8, 4) is 0 Å². The van der Waals surface area contributed by atoms with Crippen LogP contribution in [0.5, 0.6) is 0 Å². The summed E-state index contributed by atoms with van der Waals surface area (Å²) in [6.45, 7) is 4.74. The highest BCUT2D eigenvalue weighted by atomic mass is 35.5. The van der Waals surface area contributed by atoms with Gasteiger partial charge in [-0.3, -0.25) is 9.58 Å². The molecule has 1 aromatic rings. The van der Waals surface area contributed by atoms with Gasteiger partial charge in [-0.05, 0) is 44.2 Å². The van der Waals surface area contributed by atoms with E-state index < -0.39 is 0 Å². The van der Waals surface area contributed by atoms with Crippen LogP contribution >= 0.6 is 12.4 Å². The average molecular weight is 285 g/mol. The first-order valence-electron chi connectivity index (χ1n) is 7.24. The number of rotatable bonds is 5. The molecule has 1 saturated carbocycles. The molecule has 0 radical (unpaired) electrons. The van der Waals surface area contributed by atoms with E-state index in [1.807, 2.05) is 17.9 Å². The van der Waals surface area contributed by atoms with Crippen LogP contribution < -0.4 is 5.32 Å². The SMILES string of the molecule is Cl.Cn1nccc1CN1CCC(NCC2CC2)CC1. The zero-order chi connectivity index (χ0) is 12.4. The van der Waals surface area contributed by atoms with Crippen LogP contribution in [0.2, 0.25) is 0 Å². The van der Waals surface area contributed by atoms with Gasteiger partial charge >= 0.3 is 0 Å². The van der Waals surface area contributed by atoms with Gasteiger partial charge in [0.2, 0.25) is 0 Å². The molecule has 1 N–H and O–H groups in total. The number of likely N-dealkylation sites (tertiary alicyclic amines) is 1. The number of hydrogen-bond donors (Lipinski definition) is 1. The van der Waals surface area contributed by atoms with E-state index in [-0.39, 0.29) is 12.4 Å². The molecule has 0 spiro atoms. The lowest BCUT2D eigenvalue weighted by molar-refractivity contribution is 0.186. The molecule has 2 fully saturated rings. The molecular formula is C14H25ClN4. The minimum atomic E-state index is 0. The number of piperidine rings is 1. The number of nitrogens with zero attached hydrogens (tertiary/aromatic N) is 3. The fourth-order valence-corrected chi connectivity index (χ4v) is 2.74. The molecule has 2 aliphatic rings. The van der Waals surface area contributed by atoms with Crippen LogP contribution in [0.1, 0.15) is 31.4 Å². The van der Waals surface area contributed by atoms with Crippen LogP contribution in [0.4, 0.5) is 0 Å². The molecule has 0 amide bonds. The summed E-state index contributed by atoms with van der Waals surface area (Å²) >= 11 is 0. The van der Waals surface area contributed by atoms with Crippen LogP contribution in [0.25, 0.3) is 0 Å². The van der Waals surface area contributed by atoms with E-state index in [9.17, 15) is 0 Å². The Balaban J connectivity index is 0.00000133. The van der Waals surface area contributed by atoms with Crippen LogP contribution in [-0.2, 0) is 13.6 Å². The van der Waals surface area contributed by atoms with Crippen molar-refractivity contribution in [2.24, 2.45) is 13.0 Å². The van der Waals surface area contributed by atoms with Gasteiger partial charge in [0.1, 0.15) is 0 Å². The zero-order valence-corrected chi connectivity index (χ0v) is 12.5. The zero-order valence-electron chi connectivity index (χ0n) is 11.7. The van der Waals surface area contributed by atoms with Gasteiger partial charge in [0.25, 0.3) is 0 Å². The lowest BCUT2D eigenvalue weighted by atomic mass is 10.0. The van der Waals surface area contributed by atoms with Gasteiger partial charge in [-0.15, -0.1) is 12.4 Å². The molecule has 108 valence electrons. The summed E-state index contributed by atoms with van der Waals surface area (Å²) in [6, 6.07) is 2.88. The fraction of sp³-hybridized carbons (Fsp3) is 0.786. The summed E-state index contributed by atoms with van der Waals surface area (Å²) in [5, 5.41) is 7.96. The third kappa shape index (κ3) is 4.20. The maximum Gasteiger partial charge on any atom is 0.0521 e. The van der Waals surface area contributed by atoms with E-state index in [4.69, 9.17) is 0 Å².